The van der Waals surface area contributed by atoms with E-state index in [1.165, 1.54) is 6.21 Å². The maximum Gasteiger partial charge on any atom is 0.309 e. The summed E-state index contributed by atoms with van der Waals surface area (Å²) in [6, 6.07) is 7.76. The van der Waals surface area contributed by atoms with Gasteiger partial charge in [-0.05, 0) is 29.5 Å². The van der Waals surface area contributed by atoms with E-state index >= 15 is 0 Å². The number of rotatable bonds is 0. The summed E-state index contributed by atoms with van der Waals surface area (Å²) in [6.45, 7) is 0. The summed E-state index contributed by atoms with van der Waals surface area (Å²) in [6.07, 6.45) is 5.24. The Morgan fingerprint density at radius 1 is 1.23 bits per heavy atom. The molecule has 0 unspecified atom stereocenters. The summed E-state index contributed by atoms with van der Waals surface area (Å²) in [4.78, 5) is 15.8. The zero-order valence-corrected chi connectivity index (χ0v) is 7.62. The van der Waals surface area contributed by atoms with Crippen molar-refractivity contribution < 1.29 is 4.79 Å². The molecule has 0 saturated carbocycles. The summed E-state index contributed by atoms with van der Waals surface area (Å²) in [7, 11) is 0. The number of thioether (sulfide) groups is 1. The molecule has 0 spiro atoms. The average Bonchev–Trinajstić information content (AvgIpc) is 2.11. The second-order valence-electron chi connectivity index (χ2n) is 2.54. The molecule has 0 atom stereocenters. The van der Waals surface area contributed by atoms with Gasteiger partial charge in [0.15, 0.2) is 0 Å². The SMILES string of the molecule is O=C1N=CC=Cc2ccccc2S1. The van der Waals surface area contributed by atoms with Gasteiger partial charge in [-0.15, -0.1) is 0 Å². The van der Waals surface area contributed by atoms with Gasteiger partial charge in [-0.2, -0.15) is 0 Å². The fourth-order valence-electron chi connectivity index (χ4n) is 1.08. The lowest BCUT2D eigenvalue weighted by atomic mass is 10.2. The van der Waals surface area contributed by atoms with E-state index < -0.39 is 0 Å². The zero-order valence-electron chi connectivity index (χ0n) is 6.81. The van der Waals surface area contributed by atoms with Crippen molar-refractivity contribution in [1.29, 1.82) is 0 Å². The molecular formula is C10H7NOS. The largest absolute Gasteiger partial charge is 0.309 e. The molecule has 0 fully saturated rings. The van der Waals surface area contributed by atoms with Crippen LogP contribution in [0.15, 0.2) is 40.2 Å². The van der Waals surface area contributed by atoms with Gasteiger partial charge in [-0.25, -0.2) is 4.99 Å². The van der Waals surface area contributed by atoms with Gasteiger partial charge in [0, 0.05) is 11.1 Å². The van der Waals surface area contributed by atoms with Gasteiger partial charge >= 0.3 is 5.24 Å². The van der Waals surface area contributed by atoms with E-state index in [4.69, 9.17) is 0 Å². The van der Waals surface area contributed by atoms with Crippen LogP contribution in [0.3, 0.4) is 0 Å². The summed E-state index contributed by atoms with van der Waals surface area (Å²) in [5, 5.41) is -0.170. The van der Waals surface area contributed by atoms with E-state index in [9.17, 15) is 4.79 Å². The van der Waals surface area contributed by atoms with Gasteiger partial charge < -0.3 is 0 Å². The molecule has 0 aromatic heterocycles. The minimum absolute atomic E-state index is 0.170. The van der Waals surface area contributed by atoms with Gasteiger partial charge in [0.05, 0.1) is 0 Å². The first-order chi connectivity index (χ1) is 6.36. The number of nitrogens with zero attached hydrogens (tertiary/aromatic N) is 1. The number of amides is 1. The van der Waals surface area contributed by atoms with E-state index in [0.29, 0.717) is 0 Å². The van der Waals surface area contributed by atoms with Crippen LogP contribution in [0.4, 0.5) is 4.79 Å². The van der Waals surface area contributed by atoms with E-state index in [2.05, 4.69) is 4.99 Å². The molecule has 0 N–H and O–H groups in total. The molecular weight excluding hydrogens is 182 g/mol. The topological polar surface area (TPSA) is 29.4 Å². The highest BCUT2D eigenvalue weighted by Gasteiger charge is 2.06. The van der Waals surface area contributed by atoms with Crippen LogP contribution in [0.25, 0.3) is 6.08 Å². The van der Waals surface area contributed by atoms with Gasteiger partial charge in [0.1, 0.15) is 0 Å². The Labute approximate surface area is 80.4 Å². The molecule has 1 aromatic carbocycles. The quantitative estimate of drug-likeness (QED) is 0.627. The second kappa shape index (κ2) is 3.58. The number of aliphatic imine (C=N–C) groups is 1. The van der Waals surface area contributed by atoms with Crippen LogP contribution in [-0.2, 0) is 0 Å². The molecule has 0 aliphatic carbocycles. The molecule has 1 aromatic rings. The number of hydrogen-bond donors (Lipinski definition) is 0. The number of hydrogen-bond acceptors (Lipinski definition) is 2. The standard InChI is InChI=1S/C10H7NOS/c12-10-11-7-3-5-8-4-1-2-6-9(8)13-10/h1-7H. The molecule has 0 radical (unpaired) electrons. The highest BCUT2D eigenvalue weighted by Crippen LogP contribution is 2.26. The maximum absolute atomic E-state index is 11.1. The van der Waals surface area contributed by atoms with E-state index in [0.717, 1.165) is 22.2 Å². The first kappa shape index (κ1) is 8.26. The monoisotopic (exact) mass is 189 g/mol. The molecule has 1 heterocycles. The molecule has 2 nitrogen and oxygen atoms in total. The Bertz CT molecular complexity index is 396. The van der Waals surface area contributed by atoms with Crippen LogP contribution in [0.1, 0.15) is 5.56 Å². The van der Waals surface area contributed by atoms with Crippen LogP contribution < -0.4 is 0 Å². The normalized spacial score (nSPS) is 14.9. The Balaban J connectivity index is 2.49. The minimum Gasteiger partial charge on any atom is -0.259 e. The fourth-order valence-corrected chi connectivity index (χ4v) is 1.78. The van der Waals surface area contributed by atoms with Crippen molar-refractivity contribution in [2.24, 2.45) is 4.99 Å². The van der Waals surface area contributed by atoms with Crippen LogP contribution >= 0.6 is 11.8 Å². The highest BCUT2D eigenvalue weighted by atomic mass is 32.2. The third-order valence-corrected chi connectivity index (χ3v) is 2.53. The molecule has 13 heavy (non-hydrogen) atoms. The van der Waals surface area contributed by atoms with Gasteiger partial charge in [-0.1, -0.05) is 24.3 Å². The Morgan fingerprint density at radius 2 is 2.08 bits per heavy atom. The molecule has 64 valence electrons. The summed E-state index contributed by atoms with van der Waals surface area (Å²) < 4.78 is 0. The van der Waals surface area contributed by atoms with Crippen LogP contribution in [0, 0.1) is 0 Å². The molecule has 0 saturated heterocycles. The molecule has 2 rings (SSSR count). The van der Waals surface area contributed by atoms with Crippen molar-refractivity contribution in [3.05, 3.63) is 35.9 Å². The van der Waals surface area contributed by atoms with Crippen molar-refractivity contribution in [2.75, 3.05) is 0 Å². The highest BCUT2D eigenvalue weighted by molar-refractivity contribution is 8.13. The van der Waals surface area contributed by atoms with Gasteiger partial charge in [0.25, 0.3) is 0 Å². The van der Waals surface area contributed by atoms with Gasteiger partial charge in [0.2, 0.25) is 0 Å². The first-order valence-electron chi connectivity index (χ1n) is 3.88. The Kier molecular flexibility index (Phi) is 2.27. The van der Waals surface area contributed by atoms with Crippen molar-refractivity contribution in [1.82, 2.24) is 0 Å². The summed E-state index contributed by atoms with van der Waals surface area (Å²) in [5.41, 5.74) is 1.06. The van der Waals surface area contributed by atoms with Crippen molar-refractivity contribution in [3.8, 4) is 0 Å². The second-order valence-corrected chi connectivity index (χ2v) is 3.54. The number of carbonyl (C=O) groups excluding carboxylic acids is 1. The lowest BCUT2D eigenvalue weighted by Gasteiger charge is -2.03. The molecule has 1 amide bonds. The number of fused-ring (bicyclic) bond motifs is 1. The smallest absolute Gasteiger partial charge is 0.259 e. The van der Waals surface area contributed by atoms with E-state index in [1.54, 1.807) is 6.08 Å². The number of allylic oxidation sites excluding steroid dienone is 1. The average molecular weight is 189 g/mol. The summed E-state index contributed by atoms with van der Waals surface area (Å²) >= 11 is 1.16. The number of benzene rings is 1. The predicted octanol–water partition coefficient (Wildman–Crippen LogP) is 3.00. The number of carbonyl (C=O) groups is 1. The van der Waals surface area contributed by atoms with Crippen molar-refractivity contribution in [2.45, 2.75) is 4.90 Å². The lowest BCUT2D eigenvalue weighted by molar-refractivity contribution is 0.267. The van der Waals surface area contributed by atoms with E-state index in [-0.39, 0.29) is 5.24 Å². The molecule has 1 aliphatic heterocycles. The van der Waals surface area contributed by atoms with Crippen molar-refractivity contribution in [3.63, 3.8) is 0 Å². The zero-order chi connectivity index (χ0) is 9.10. The minimum atomic E-state index is -0.170. The predicted molar refractivity (Wildman–Crippen MR) is 55.2 cm³/mol. The van der Waals surface area contributed by atoms with Gasteiger partial charge in [-0.3, -0.25) is 4.79 Å². The van der Waals surface area contributed by atoms with E-state index in [1.807, 2.05) is 30.3 Å². The van der Waals surface area contributed by atoms with Crippen LogP contribution in [0.5, 0.6) is 0 Å². The van der Waals surface area contributed by atoms with Crippen molar-refractivity contribution >= 4 is 29.3 Å². The van der Waals surface area contributed by atoms with Crippen LogP contribution in [-0.4, -0.2) is 11.5 Å². The maximum atomic E-state index is 11.1. The fraction of sp³-hybridized carbons (Fsp3) is 0. The summed E-state index contributed by atoms with van der Waals surface area (Å²) in [5.74, 6) is 0. The Morgan fingerprint density at radius 3 is 3.00 bits per heavy atom. The lowest BCUT2D eigenvalue weighted by Crippen LogP contribution is -1.88. The molecule has 0 bridgehead atoms. The third-order valence-electron chi connectivity index (χ3n) is 1.66. The van der Waals surface area contributed by atoms with Crippen LogP contribution in [0.2, 0.25) is 0 Å². The Hall–Kier alpha value is -1.35. The molecule has 1 aliphatic rings. The third kappa shape index (κ3) is 1.87. The molecule has 3 heteroatoms. The first-order valence-corrected chi connectivity index (χ1v) is 4.69.